The summed E-state index contributed by atoms with van der Waals surface area (Å²) in [6.45, 7) is 4.43. The third-order valence-corrected chi connectivity index (χ3v) is 6.71. The minimum atomic E-state index is -0.103. The third-order valence-electron chi connectivity index (χ3n) is 6.71. The summed E-state index contributed by atoms with van der Waals surface area (Å²) in [5.41, 5.74) is 2.50. The number of fused-ring (bicyclic) bond motifs is 4. The molecule has 3 saturated heterocycles. The Morgan fingerprint density at radius 3 is 2.87 bits per heavy atom. The summed E-state index contributed by atoms with van der Waals surface area (Å²) in [6, 6.07) is 5.22. The van der Waals surface area contributed by atoms with Crippen LogP contribution in [0, 0.1) is 11.7 Å². The SMILES string of the molecule is Fc1ccc2c(c1)C1(CCN(C[C@@H]3C[C@H]4CC[C@H]3O4)CC1)CN2. The predicted molar refractivity (Wildman–Crippen MR) is 88.2 cm³/mol. The zero-order valence-electron chi connectivity index (χ0n) is 13.6. The molecule has 4 heteroatoms. The van der Waals surface area contributed by atoms with Gasteiger partial charge >= 0.3 is 0 Å². The highest BCUT2D eigenvalue weighted by atomic mass is 19.1. The van der Waals surface area contributed by atoms with Crippen LogP contribution in [-0.2, 0) is 10.2 Å². The van der Waals surface area contributed by atoms with Crippen LogP contribution in [0.3, 0.4) is 0 Å². The Kier molecular flexibility index (Phi) is 3.21. The lowest BCUT2D eigenvalue weighted by molar-refractivity contribution is 0.0768. The topological polar surface area (TPSA) is 24.5 Å². The Morgan fingerprint density at radius 2 is 2.13 bits per heavy atom. The number of anilines is 1. The lowest BCUT2D eigenvalue weighted by Gasteiger charge is -2.40. The molecule has 3 atom stereocenters. The van der Waals surface area contributed by atoms with Crippen LogP contribution in [-0.4, -0.2) is 43.3 Å². The molecule has 5 rings (SSSR count). The molecule has 0 saturated carbocycles. The first kappa shape index (κ1) is 14.2. The van der Waals surface area contributed by atoms with Crippen molar-refractivity contribution >= 4 is 5.69 Å². The van der Waals surface area contributed by atoms with E-state index in [0.717, 1.165) is 44.1 Å². The van der Waals surface area contributed by atoms with Gasteiger partial charge in [-0.3, -0.25) is 0 Å². The van der Waals surface area contributed by atoms with Gasteiger partial charge in [-0.1, -0.05) is 0 Å². The van der Waals surface area contributed by atoms with Crippen LogP contribution in [0.4, 0.5) is 10.1 Å². The Morgan fingerprint density at radius 1 is 1.26 bits per heavy atom. The van der Waals surface area contributed by atoms with Crippen LogP contribution >= 0.6 is 0 Å². The average Bonchev–Trinajstić information content (AvgIpc) is 3.25. The number of piperidine rings is 1. The third kappa shape index (κ3) is 2.30. The second-order valence-electron chi connectivity index (χ2n) is 7.99. The molecule has 1 aromatic carbocycles. The van der Waals surface area contributed by atoms with Crippen molar-refractivity contribution in [3.05, 3.63) is 29.6 Å². The van der Waals surface area contributed by atoms with Crippen molar-refractivity contribution in [1.29, 1.82) is 0 Å². The Balaban J connectivity index is 1.26. The summed E-state index contributed by atoms with van der Waals surface area (Å²) in [4.78, 5) is 2.62. The molecule has 4 heterocycles. The van der Waals surface area contributed by atoms with E-state index in [1.807, 2.05) is 6.07 Å². The maximum atomic E-state index is 13.7. The molecule has 1 aromatic rings. The maximum Gasteiger partial charge on any atom is 0.123 e. The van der Waals surface area contributed by atoms with E-state index in [2.05, 4.69) is 10.2 Å². The van der Waals surface area contributed by atoms with E-state index < -0.39 is 0 Å². The van der Waals surface area contributed by atoms with Gasteiger partial charge in [0.05, 0.1) is 12.2 Å². The highest BCUT2D eigenvalue weighted by molar-refractivity contribution is 5.60. The minimum Gasteiger partial charge on any atom is -0.384 e. The van der Waals surface area contributed by atoms with E-state index in [1.54, 1.807) is 12.1 Å². The van der Waals surface area contributed by atoms with E-state index in [9.17, 15) is 4.39 Å². The van der Waals surface area contributed by atoms with E-state index in [0.29, 0.717) is 12.2 Å². The van der Waals surface area contributed by atoms with Crippen molar-refractivity contribution < 1.29 is 9.13 Å². The molecule has 4 aliphatic heterocycles. The van der Waals surface area contributed by atoms with Crippen LogP contribution in [0.5, 0.6) is 0 Å². The Labute approximate surface area is 137 Å². The highest BCUT2D eigenvalue weighted by Gasteiger charge is 2.44. The molecule has 3 nitrogen and oxygen atoms in total. The lowest BCUT2D eigenvalue weighted by atomic mass is 9.74. The van der Waals surface area contributed by atoms with Crippen molar-refractivity contribution in [2.75, 3.05) is 31.5 Å². The van der Waals surface area contributed by atoms with Crippen LogP contribution in [0.15, 0.2) is 18.2 Å². The Bertz CT molecular complexity index is 611. The smallest absolute Gasteiger partial charge is 0.123 e. The zero-order chi connectivity index (χ0) is 15.4. The van der Waals surface area contributed by atoms with Crippen LogP contribution < -0.4 is 5.32 Å². The second kappa shape index (κ2) is 5.18. The number of benzene rings is 1. The molecule has 23 heavy (non-hydrogen) atoms. The number of hydrogen-bond acceptors (Lipinski definition) is 3. The van der Waals surface area contributed by atoms with Crippen molar-refractivity contribution in [3.63, 3.8) is 0 Å². The molecule has 0 aromatic heterocycles. The van der Waals surface area contributed by atoms with Gasteiger partial charge in [0.1, 0.15) is 5.82 Å². The van der Waals surface area contributed by atoms with E-state index in [-0.39, 0.29) is 11.2 Å². The fourth-order valence-electron chi connectivity index (χ4n) is 5.35. The first-order valence-electron chi connectivity index (χ1n) is 9.14. The van der Waals surface area contributed by atoms with Crippen molar-refractivity contribution in [2.24, 2.45) is 5.92 Å². The van der Waals surface area contributed by atoms with Gasteiger partial charge in [0.2, 0.25) is 0 Å². The number of rotatable bonds is 2. The van der Waals surface area contributed by atoms with Crippen LogP contribution in [0.1, 0.15) is 37.7 Å². The van der Waals surface area contributed by atoms with Crippen molar-refractivity contribution in [2.45, 2.75) is 49.7 Å². The first-order valence-corrected chi connectivity index (χ1v) is 9.14. The fourth-order valence-corrected chi connectivity index (χ4v) is 5.35. The summed E-state index contributed by atoms with van der Waals surface area (Å²) in [5.74, 6) is 0.641. The molecular formula is C19H25FN2O. The molecule has 0 amide bonds. The number of halogens is 1. The molecule has 0 aliphatic carbocycles. The van der Waals surface area contributed by atoms with Gasteiger partial charge in [-0.05, 0) is 69.0 Å². The van der Waals surface area contributed by atoms with Gasteiger partial charge in [-0.25, -0.2) is 4.39 Å². The lowest BCUT2D eigenvalue weighted by Crippen LogP contribution is -2.46. The van der Waals surface area contributed by atoms with E-state index >= 15 is 0 Å². The molecule has 0 radical (unpaired) electrons. The van der Waals surface area contributed by atoms with Crippen molar-refractivity contribution in [1.82, 2.24) is 4.90 Å². The largest absolute Gasteiger partial charge is 0.384 e. The van der Waals surface area contributed by atoms with Crippen molar-refractivity contribution in [3.8, 4) is 0 Å². The second-order valence-corrected chi connectivity index (χ2v) is 7.99. The van der Waals surface area contributed by atoms with Crippen LogP contribution in [0.2, 0.25) is 0 Å². The monoisotopic (exact) mass is 316 g/mol. The van der Waals surface area contributed by atoms with Gasteiger partial charge in [0.25, 0.3) is 0 Å². The number of nitrogens with one attached hydrogen (secondary N) is 1. The molecular weight excluding hydrogens is 291 g/mol. The summed E-state index contributed by atoms with van der Waals surface area (Å²) in [6.07, 6.45) is 7.16. The predicted octanol–water partition coefficient (Wildman–Crippen LogP) is 3.15. The number of nitrogens with zero attached hydrogens (tertiary/aromatic N) is 1. The number of ether oxygens (including phenoxy) is 1. The summed E-state index contributed by atoms with van der Waals surface area (Å²) >= 11 is 0. The molecule has 1 spiro atoms. The number of likely N-dealkylation sites (tertiary alicyclic amines) is 1. The average molecular weight is 316 g/mol. The quantitative estimate of drug-likeness (QED) is 0.907. The molecule has 2 bridgehead atoms. The fraction of sp³-hybridized carbons (Fsp3) is 0.684. The molecule has 4 aliphatic rings. The standard InChI is InChI=1S/C19H25FN2O/c20-14-1-3-17-16(10-14)19(12-21-17)5-7-22(8-6-19)11-13-9-15-2-4-18(13)23-15/h1,3,10,13,15,18,21H,2,4-9,11-12H2/t13-,15+,18+/m0/s1. The van der Waals surface area contributed by atoms with Gasteiger partial charge in [0, 0.05) is 30.1 Å². The van der Waals surface area contributed by atoms with Gasteiger partial charge in [-0.15, -0.1) is 0 Å². The highest BCUT2D eigenvalue weighted by Crippen LogP contribution is 2.45. The first-order chi connectivity index (χ1) is 11.2. The normalized spacial score (nSPS) is 34.7. The van der Waals surface area contributed by atoms with E-state index in [1.165, 1.54) is 31.4 Å². The summed E-state index contributed by atoms with van der Waals surface area (Å²) in [5, 5.41) is 3.49. The molecule has 0 unspecified atom stereocenters. The number of hydrogen-bond donors (Lipinski definition) is 1. The van der Waals surface area contributed by atoms with E-state index in [4.69, 9.17) is 4.74 Å². The van der Waals surface area contributed by atoms with Gasteiger partial charge in [0.15, 0.2) is 0 Å². The molecule has 124 valence electrons. The van der Waals surface area contributed by atoms with Crippen LogP contribution in [0.25, 0.3) is 0 Å². The minimum absolute atomic E-state index is 0.103. The molecule has 1 N–H and O–H groups in total. The zero-order valence-corrected chi connectivity index (χ0v) is 13.6. The summed E-state index contributed by atoms with van der Waals surface area (Å²) in [7, 11) is 0. The Hall–Kier alpha value is -1.13. The molecule has 3 fully saturated rings. The maximum absolute atomic E-state index is 13.7. The summed E-state index contributed by atoms with van der Waals surface area (Å²) < 4.78 is 19.7. The van der Waals surface area contributed by atoms with Gasteiger partial charge in [-0.2, -0.15) is 0 Å². The van der Waals surface area contributed by atoms with Gasteiger partial charge < -0.3 is 15.0 Å².